The van der Waals surface area contributed by atoms with Crippen LogP contribution in [-0.2, 0) is 14.2 Å². The van der Waals surface area contributed by atoms with Crippen LogP contribution in [0.3, 0.4) is 0 Å². The normalized spacial score (nSPS) is 17.9. The quantitative estimate of drug-likeness (QED) is 0.815. The summed E-state index contributed by atoms with van der Waals surface area (Å²) in [4.78, 5) is 0. The smallest absolute Gasteiger partial charge is 0.198 e. The molecule has 1 aromatic carbocycles. The number of benzene rings is 1. The van der Waals surface area contributed by atoms with Crippen LogP contribution in [0.25, 0.3) is 6.08 Å². The second-order valence-corrected chi connectivity index (χ2v) is 5.12. The van der Waals surface area contributed by atoms with Crippen LogP contribution in [0, 0.1) is 5.92 Å². The first-order valence-corrected chi connectivity index (χ1v) is 7.32. The Morgan fingerprint density at radius 2 is 1.83 bits per heavy atom. The average Bonchev–Trinajstić information content (AvgIpc) is 2.58. The molecule has 0 amide bonds. The molecule has 0 saturated heterocycles. The van der Waals surface area contributed by atoms with E-state index in [0.717, 1.165) is 11.3 Å². The van der Waals surface area contributed by atoms with Crippen molar-refractivity contribution < 1.29 is 18.9 Å². The number of rotatable bonds is 6. The standard InChI is InChI=1S/C18H23NO4/c1-20-15-8-7-12(9-14(15)19)5-6-13-10-16(21-2)18(23-4)17(11-13)22-3/h5-10,13H,11,19H2,1-4H3. The predicted octanol–water partition coefficient (Wildman–Crippen LogP) is 3.35. The van der Waals surface area contributed by atoms with Crippen LogP contribution in [0.5, 0.6) is 5.75 Å². The van der Waals surface area contributed by atoms with Crippen LogP contribution in [-0.4, -0.2) is 28.4 Å². The van der Waals surface area contributed by atoms with Crippen molar-refractivity contribution in [3.8, 4) is 5.75 Å². The third-order valence-electron chi connectivity index (χ3n) is 3.72. The van der Waals surface area contributed by atoms with Crippen molar-refractivity contribution in [3.63, 3.8) is 0 Å². The van der Waals surface area contributed by atoms with Gasteiger partial charge in [0.15, 0.2) is 11.5 Å². The molecule has 0 fully saturated rings. The highest BCUT2D eigenvalue weighted by Crippen LogP contribution is 2.31. The Morgan fingerprint density at radius 3 is 2.39 bits per heavy atom. The minimum Gasteiger partial charge on any atom is -0.497 e. The molecule has 2 N–H and O–H groups in total. The highest BCUT2D eigenvalue weighted by molar-refractivity contribution is 5.62. The van der Waals surface area contributed by atoms with E-state index in [1.807, 2.05) is 30.4 Å². The number of nitrogen functional groups attached to an aromatic ring is 1. The van der Waals surface area contributed by atoms with Gasteiger partial charge < -0.3 is 24.7 Å². The van der Waals surface area contributed by atoms with Crippen molar-refractivity contribution >= 4 is 11.8 Å². The number of nitrogens with two attached hydrogens (primary N) is 1. The van der Waals surface area contributed by atoms with E-state index < -0.39 is 0 Å². The monoisotopic (exact) mass is 317 g/mol. The summed E-state index contributed by atoms with van der Waals surface area (Å²) in [6.45, 7) is 0. The van der Waals surface area contributed by atoms with E-state index in [4.69, 9.17) is 24.7 Å². The maximum atomic E-state index is 5.93. The summed E-state index contributed by atoms with van der Waals surface area (Å²) in [6, 6.07) is 5.70. The summed E-state index contributed by atoms with van der Waals surface area (Å²) in [7, 11) is 6.47. The van der Waals surface area contributed by atoms with Gasteiger partial charge in [-0.05, 0) is 23.8 Å². The first-order valence-electron chi connectivity index (χ1n) is 7.32. The number of allylic oxidation sites excluding steroid dienone is 3. The molecule has 5 nitrogen and oxygen atoms in total. The molecule has 1 aliphatic carbocycles. The van der Waals surface area contributed by atoms with E-state index in [0.29, 0.717) is 29.4 Å². The van der Waals surface area contributed by atoms with Gasteiger partial charge in [-0.2, -0.15) is 0 Å². The molecule has 0 radical (unpaired) electrons. The first-order chi connectivity index (χ1) is 11.1. The van der Waals surface area contributed by atoms with Gasteiger partial charge in [0.1, 0.15) is 11.5 Å². The Kier molecular flexibility index (Phi) is 5.57. The van der Waals surface area contributed by atoms with E-state index in [1.54, 1.807) is 28.4 Å². The molecule has 1 atom stereocenters. The van der Waals surface area contributed by atoms with Crippen molar-refractivity contribution in [2.24, 2.45) is 5.92 Å². The molecule has 0 spiro atoms. The molecule has 124 valence electrons. The molecule has 1 aromatic rings. The third-order valence-corrected chi connectivity index (χ3v) is 3.72. The number of hydrogen-bond donors (Lipinski definition) is 1. The fourth-order valence-electron chi connectivity index (χ4n) is 2.54. The van der Waals surface area contributed by atoms with Gasteiger partial charge in [0.2, 0.25) is 0 Å². The third kappa shape index (κ3) is 3.80. The molecule has 0 heterocycles. The number of hydrogen-bond acceptors (Lipinski definition) is 5. The van der Waals surface area contributed by atoms with Gasteiger partial charge >= 0.3 is 0 Å². The molecule has 0 bridgehead atoms. The summed E-state index contributed by atoms with van der Waals surface area (Å²) in [5.41, 5.74) is 7.56. The predicted molar refractivity (Wildman–Crippen MR) is 90.7 cm³/mol. The van der Waals surface area contributed by atoms with Gasteiger partial charge in [-0.25, -0.2) is 0 Å². The Morgan fingerprint density at radius 1 is 1.04 bits per heavy atom. The van der Waals surface area contributed by atoms with Crippen LogP contribution in [0.2, 0.25) is 0 Å². The summed E-state index contributed by atoms with van der Waals surface area (Å²) in [5.74, 6) is 2.93. The Balaban J connectivity index is 2.19. The Hall–Kier alpha value is -2.56. The molecule has 0 aliphatic heterocycles. The second-order valence-electron chi connectivity index (χ2n) is 5.12. The summed E-state index contributed by atoms with van der Waals surface area (Å²) in [5, 5.41) is 0. The van der Waals surface area contributed by atoms with Crippen LogP contribution in [0.4, 0.5) is 5.69 Å². The van der Waals surface area contributed by atoms with E-state index >= 15 is 0 Å². The lowest BCUT2D eigenvalue weighted by atomic mass is 9.96. The zero-order valence-corrected chi connectivity index (χ0v) is 14.0. The minimum atomic E-state index is 0.155. The highest BCUT2D eigenvalue weighted by atomic mass is 16.5. The summed E-state index contributed by atoms with van der Waals surface area (Å²) in [6.07, 6.45) is 6.85. The fraction of sp³-hybridized carbons (Fsp3) is 0.333. The number of ether oxygens (including phenoxy) is 4. The van der Waals surface area contributed by atoms with Crippen molar-refractivity contribution in [1.82, 2.24) is 0 Å². The topological polar surface area (TPSA) is 62.9 Å². The highest BCUT2D eigenvalue weighted by Gasteiger charge is 2.23. The van der Waals surface area contributed by atoms with Gasteiger partial charge in [0, 0.05) is 12.3 Å². The molecule has 1 aliphatic rings. The second kappa shape index (κ2) is 7.63. The van der Waals surface area contributed by atoms with Crippen LogP contribution < -0.4 is 10.5 Å². The zero-order valence-electron chi connectivity index (χ0n) is 14.0. The van der Waals surface area contributed by atoms with Crippen LogP contribution in [0.15, 0.2) is 47.6 Å². The van der Waals surface area contributed by atoms with Crippen molar-refractivity contribution in [2.45, 2.75) is 6.42 Å². The molecule has 2 rings (SSSR count). The van der Waals surface area contributed by atoms with Crippen molar-refractivity contribution in [1.29, 1.82) is 0 Å². The molecule has 23 heavy (non-hydrogen) atoms. The number of methoxy groups -OCH3 is 4. The lowest BCUT2D eigenvalue weighted by Gasteiger charge is -2.22. The van der Waals surface area contributed by atoms with E-state index in [9.17, 15) is 0 Å². The molecule has 0 saturated carbocycles. The van der Waals surface area contributed by atoms with Crippen molar-refractivity contribution in [2.75, 3.05) is 34.2 Å². The van der Waals surface area contributed by atoms with Crippen LogP contribution in [0.1, 0.15) is 12.0 Å². The largest absolute Gasteiger partial charge is 0.497 e. The average molecular weight is 317 g/mol. The van der Waals surface area contributed by atoms with E-state index in [1.165, 1.54) is 0 Å². The lowest BCUT2D eigenvalue weighted by molar-refractivity contribution is 0.169. The van der Waals surface area contributed by atoms with Gasteiger partial charge in [-0.3, -0.25) is 0 Å². The molecule has 5 heteroatoms. The minimum absolute atomic E-state index is 0.155. The van der Waals surface area contributed by atoms with Gasteiger partial charge in [0.05, 0.1) is 34.1 Å². The summed E-state index contributed by atoms with van der Waals surface area (Å²) >= 11 is 0. The zero-order chi connectivity index (χ0) is 16.8. The maximum Gasteiger partial charge on any atom is 0.198 e. The Bertz CT molecular complexity index is 646. The van der Waals surface area contributed by atoms with E-state index in [-0.39, 0.29) is 5.92 Å². The van der Waals surface area contributed by atoms with Crippen molar-refractivity contribution in [3.05, 3.63) is 53.2 Å². The Labute approximate surface area is 137 Å². The SMILES string of the molecule is COC1=CC(C=Cc2ccc(OC)c(N)c2)CC(OC)=C1OC. The fourth-order valence-corrected chi connectivity index (χ4v) is 2.54. The number of anilines is 1. The lowest BCUT2D eigenvalue weighted by Crippen LogP contribution is -2.12. The first kappa shape index (κ1) is 16.8. The van der Waals surface area contributed by atoms with Crippen LogP contribution >= 0.6 is 0 Å². The maximum absolute atomic E-state index is 5.93. The molecule has 1 unspecified atom stereocenters. The summed E-state index contributed by atoms with van der Waals surface area (Å²) < 4.78 is 21.3. The molecular formula is C18H23NO4. The molecular weight excluding hydrogens is 294 g/mol. The van der Waals surface area contributed by atoms with Gasteiger partial charge in [0.25, 0.3) is 0 Å². The van der Waals surface area contributed by atoms with Gasteiger partial charge in [-0.1, -0.05) is 18.2 Å². The van der Waals surface area contributed by atoms with E-state index in [2.05, 4.69) is 6.08 Å². The molecule has 0 aromatic heterocycles. The van der Waals surface area contributed by atoms with Gasteiger partial charge in [-0.15, -0.1) is 0 Å².